The molecule has 0 bridgehead atoms. The minimum absolute atomic E-state index is 0.0259. The van der Waals surface area contributed by atoms with Crippen LogP contribution in [0.2, 0.25) is 0 Å². The fraction of sp³-hybridized carbons (Fsp3) is 0.500. The highest BCUT2D eigenvalue weighted by molar-refractivity contribution is 6.03. The maximum absolute atomic E-state index is 7.55. The molecule has 0 amide bonds. The first kappa shape index (κ1) is 43.4. The van der Waals surface area contributed by atoms with Crippen LogP contribution < -0.4 is 18.9 Å². The van der Waals surface area contributed by atoms with Gasteiger partial charge in [-0.1, -0.05) is 39.2 Å². The first-order chi connectivity index (χ1) is 29.0. The van der Waals surface area contributed by atoms with Crippen molar-refractivity contribution in [2.24, 2.45) is 13.0 Å². The predicted molar refractivity (Wildman–Crippen MR) is 242 cm³/mol. The highest BCUT2D eigenvalue weighted by Crippen LogP contribution is 2.50. The van der Waals surface area contributed by atoms with Crippen molar-refractivity contribution < 1.29 is 32.8 Å². The van der Waals surface area contributed by atoms with Gasteiger partial charge in [-0.15, -0.1) is 0 Å². The van der Waals surface area contributed by atoms with Crippen LogP contribution in [0.3, 0.4) is 0 Å². The SMILES string of the molecule is COCCCN1/C(=C/C=C2\CCC(/C=C/C3=[N+](CCCOC)c4ccc(OC)cc4C3(C)C)=C2OC(c2cc[n+](C)cc2)C2CCCCC2)C(C)(C)c2cc(OC)ccc21. The second-order valence-corrected chi connectivity index (χ2v) is 18.1. The topological polar surface area (TPSA) is 56.3 Å². The van der Waals surface area contributed by atoms with Gasteiger partial charge in [0.2, 0.25) is 5.69 Å². The van der Waals surface area contributed by atoms with Crippen LogP contribution in [0.5, 0.6) is 11.5 Å². The van der Waals surface area contributed by atoms with E-state index in [0.29, 0.717) is 19.1 Å². The van der Waals surface area contributed by atoms with E-state index < -0.39 is 0 Å². The molecule has 8 heteroatoms. The monoisotopic (exact) mass is 816 g/mol. The number of pyridine rings is 1. The molecule has 7 rings (SSSR count). The maximum atomic E-state index is 7.55. The van der Waals surface area contributed by atoms with Crippen molar-refractivity contribution in [1.29, 1.82) is 0 Å². The van der Waals surface area contributed by atoms with E-state index in [0.717, 1.165) is 56.0 Å². The van der Waals surface area contributed by atoms with E-state index in [1.807, 2.05) is 0 Å². The largest absolute Gasteiger partial charge is 0.497 e. The summed E-state index contributed by atoms with van der Waals surface area (Å²) in [6.45, 7) is 12.5. The van der Waals surface area contributed by atoms with Crippen LogP contribution in [0.15, 0.2) is 108 Å². The molecule has 2 aliphatic carbocycles. The zero-order valence-electron chi connectivity index (χ0n) is 37.8. The molecule has 2 aromatic carbocycles. The predicted octanol–water partition coefficient (Wildman–Crippen LogP) is 10.5. The molecule has 1 saturated carbocycles. The van der Waals surface area contributed by atoms with Crippen molar-refractivity contribution in [3.8, 4) is 11.5 Å². The molecule has 1 unspecified atom stereocenters. The number of hydrogen-bond donors (Lipinski definition) is 0. The van der Waals surface area contributed by atoms with E-state index in [-0.39, 0.29) is 16.9 Å². The molecule has 8 nitrogen and oxygen atoms in total. The molecule has 1 fully saturated rings. The number of fused-ring (bicyclic) bond motifs is 2. The van der Waals surface area contributed by atoms with Gasteiger partial charge in [-0.2, -0.15) is 4.58 Å². The Balaban J connectivity index is 1.34. The van der Waals surface area contributed by atoms with Gasteiger partial charge in [0.1, 0.15) is 30.4 Å². The van der Waals surface area contributed by atoms with E-state index in [2.05, 4.69) is 134 Å². The van der Waals surface area contributed by atoms with Gasteiger partial charge in [0.15, 0.2) is 24.7 Å². The summed E-state index contributed by atoms with van der Waals surface area (Å²) in [6, 6.07) is 17.5. The summed E-state index contributed by atoms with van der Waals surface area (Å²) in [6.07, 6.45) is 23.7. The summed E-state index contributed by atoms with van der Waals surface area (Å²) in [4.78, 5) is 2.49. The van der Waals surface area contributed by atoms with Crippen LogP contribution in [0.1, 0.15) is 108 Å². The summed E-state index contributed by atoms with van der Waals surface area (Å²) in [5.41, 5.74) is 10.9. The molecule has 1 aromatic heterocycles. The van der Waals surface area contributed by atoms with Crippen molar-refractivity contribution >= 4 is 17.1 Å². The van der Waals surface area contributed by atoms with E-state index in [1.165, 1.54) is 82.7 Å². The third-order valence-corrected chi connectivity index (χ3v) is 13.4. The molecular weight excluding hydrogens is 747 g/mol. The Morgan fingerprint density at radius 3 is 2.15 bits per heavy atom. The lowest BCUT2D eigenvalue weighted by molar-refractivity contribution is -0.671. The average Bonchev–Trinajstić information content (AvgIpc) is 3.81. The van der Waals surface area contributed by atoms with Gasteiger partial charge in [0.05, 0.1) is 26.2 Å². The van der Waals surface area contributed by atoms with Crippen molar-refractivity contribution in [3.05, 3.63) is 125 Å². The third kappa shape index (κ3) is 8.87. The molecule has 3 aromatic rings. The van der Waals surface area contributed by atoms with Gasteiger partial charge < -0.3 is 28.6 Å². The van der Waals surface area contributed by atoms with Crippen molar-refractivity contribution in [2.75, 3.05) is 59.6 Å². The standard InChI is InChI=1S/C52H69N3O5/c1-51(2)43-35-41(58-8)21-23-45(43)54(29-13-33-56-6)47(51)25-19-38-17-18-39(50(38)60-49(37-15-11-10-12-16-37)40-27-31-53(5)32-28-40)20-26-48-52(3,4)44-36-42(59-9)22-24-46(44)55(48)30-14-34-57-7/h19-28,31-32,35-37,49H,10-18,29-30,33-34H2,1-9H3/q+2. The number of aromatic nitrogens is 1. The molecule has 1 atom stereocenters. The maximum Gasteiger partial charge on any atom is 0.210 e. The summed E-state index contributed by atoms with van der Waals surface area (Å²) < 4.78 is 34.6. The molecule has 4 aliphatic rings. The van der Waals surface area contributed by atoms with E-state index >= 15 is 0 Å². The Labute approximate surface area is 359 Å². The lowest BCUT2D eigenvalue weighted by Crippen LogP contribution is -2.28. The first-order valence-electron chi connectivity index (χ1n) is 22.2. The fourth-order valence-corrected chi connectivity index (χ4v) is 10.0. The highest BCUT2D eigenvalue weighted by atomic mass is 16.5. The van der Waals surface area contributed by atoms with Crippen LogP contribution in [0.25, 0.3) is 0 Å². The van der Waals surface area contributed by atoms with Crippen molar-refractivity contribution in [3.63, 3.8) is 0 Å². The number of benzene rings is 2. The fourth-order valence-electron chi connectivity index (χ4n) is 10.0. The first-order valence-corrected chi connectivity index (χ1v) is 22.2. The molecule has 2 aliphatic heterocycles. The summed E-state index contributed by atoms with van der Waals surface area (Å²) >= 11 is 0. The summed E-state index contributed by atoms with van der Waals surface area (Å²) in [5, 5.41) is 0. The van der Waals surface area contributed by atoms with E-state index in [9.17, 15) is 0 Å². The van der Waals surface area contributed by atoms with Crippen LogP contribution in [0.4, 0.5) is 11.4 Å². The molecule has 0 spiro atoms. The van der Waals surface area contributed by atoms with E-state index in [1.54, 1.807) is 28.4 Å². The second kappa shape index (κ2) is 18.9. The number of anilines is 1. The molecule has 0 radical (unpaired) electrons. The highest BCUT2D eigenvalue weighted by Gasteiger charge is 2.45. The molecule has 320 valence electrons. The van der Waals surface area contributed by atoms with Crippen molar-refractivity contribution in [2.45, 2.75) is 102 Å². The molecule has 0 N–H and O–H groups in total. The Morgan fingerprint density at radius 1 is 0.767 bits per heavy atom. The summed E-state index contributed by atoms with van der Waals surface area (Å²) in [5.74, 6) is 3.27. The molecule has 3 heterocycles. The molecule has 60 heavy (non-hydrogen) atoms. The van der Waals surface area contributed by atoms with E-state index in [4.69, 9.17) is 23.7 Å². The van der Waals surface area contributed by atoms with Gasteiger partial charge in [-0.3, -0.25) is 0 Å². The van der Waals surface area contributed by atoms with Gasteiger partial charge in [0.25, 0.3) is 0 Å². The lowest BCUT2D eigenvalue weighted by atomic mass is 9.81. The number of hydrogen-bond acceptors (Lipinski definition) is 6. The van der Waals surface area contributed by atoms with Gasteiger partial charge in [-0.05, 0) is 105 Å². The number of rotatable bonds is 17. The minimum Gasteiger partial charge on any atom is -0.497 e. The third-order valence-electron chi connectivity index (χ3n) is 13.4. The zero-order chi connectivity index (χ0) is 42.4. The Bertz CT molecular complexity index is 2150. The number of aryl methyl sites for hydroxylation is 1. The quantitative estimate of drug-likeness (QED) is 0.0999. The smallest absolute Gasteiger partial charge is 0.210 e. The Morgan fingerprint density at radius 2 is 1.45 bits per heavy atom. The molecular formula is C52H69N3O5+2. The van der Waals surface area contributed by atoms with Gasteiger partial charge in [0, 0.05) is 91.9 Å². The van der Waals surface area contributed by atoms with Gasteiger partial charge in [-0.25, -0.2) is 4.57 Å². The average molecular weight is 816 g/mol. The number of ether oxygens (including phenoxy) is 5. The number of methoxy groups -OCH3 is 4. The number of nitrogens with zero attached hydrogens (tertiary/aromatic N) is 3. The van der Waals surface area contributed by atoms with Crippen molar-refractivity contribution in [1.82, 2.24) is 0 Å². The van der Waals surface area contributed by atoms with Crippen LogP contribution in [-0.2, 0) is 32.1 Å². The lowest BCUT2D eigenvalue weighted by Gasteiger charge is -2.32. The minimum atomic E-state index is -0.223. The second-order valence-electron chi connectivity index (χ2n) is 18.1. The Kier molecular flexibility index (Phi) is 13.7. The summed E-state index contributed by atoms with van der Waals surface area (Å²) in [7, 11) is 9.15. The normalized spacial score (nSPS) is 20.4. The molecule has 0 saturated heterocycles. The van der Waals surface area contributed by atoms with Gasteiger partial charge >= 0.3 is 0 Å². The zero-order valence-corrected chi connectivity index (χ0v) is 37.8. The van der Waals surface area contributed by atoms with Crippen LogP contribution in [-0.4, -0.2) is 65.0 Å². The number of allylic oxidation sites excluding steroid dienone is 7. The Hall–Kier alpha value is -4.66. The van der Waals surface area contributed by atoms with Crippen LogP contribution >= 0.6 is 0 Å². The van der Waals surface area contributed by atoms with Crippen LogP contribution in [0, 0.1) is 5.92 Å².